The second-order valence-corrected chi connectivity index (χ2v) is 4.14. The Bertz CT molecular complexity index is 531. The maximum atomic E-state index is 13.1. The minimum atomic E-state index is -1.67. The summed E-state index contributed by atoms with van der Waals surface area (Å²) in [6.07, 6.45) is 0.665. The van der Waals surface area contributed by atoms with E-state index in [1.54, 1.807) is 0 Å². The second kappa shape index (κ2) is 6.36. The smallest absolute Gasteiger partial charge is 0.492 e. The van der Waals surface area contributed by atoms with Gasteiger partial charge < -0.3 is 14.8 Å². The van der Waals surface area contributed by atoms with Gasteiger partial charge in [0.15, 0.2) is 0 Å². The molecule has 0 amide bonds. The molecule has 2 aromatic rings. The minimum Gasteiger partial charge on any atom is -0.494 e. The van der Waals surface area contributed by atoms with E-state index in [2.05, 4.69) is 0 Å². The molecule has 0 heterocycles. The van der Waals surface area contributed by atoms with E-state index in [1.165, 1.54) is 12.1 Å². The van der Waals surface area contributed by atoms with Crippen molar-refractivity contribution in [3.8, 4) is 5.75 Å². The van der Waals surface area contributed by atoms with Gasteiger partial charge in [-0.3, -0.25) is 0 Å². The van der Waals surface area contributed by atoms with Crippen LogP contribution < -0.4 is 10.2 Å². The summed E-state index contributed by atoms with van der Waals surface area (Å²) in [5, 5.41) is 18.3. The molecule has 0 radical (unpaired) electrons. The summed E-state index contributed by atoms with van der Waals surface area (Å²) in [7, 11) is -1.67. The summed E-state index contributed by atoms with van der Waals surface area (Å²) in [5.41, 5.74) is 1.26. The van der Waals surface area contributed by atoms with Gasteiger partial charge in [-0.1, -0.05) is 36.4 Å². The first-order valence-electron chi connectivity index (χ1n) is 5.99. The van der Waals surface area contributed by atoms with Gasteiger partial charge in [-0.15, -0.1) is 0 Å². The molecule has 0 fully saturated rings. The number of hydrogen-bond acceptors (Lipinski definition) is 3. The predicted molar refractivity (Wildman–Crippen MR) is 71.9 cm³/mol. The lowest BCUT2D eigenvalue weighted by atomic mass is 9.79. The maximum absolute atomic E-state index is 13.1. The lowest BCUT2D eigenvalue weighted by molar-refractivity contribution is 0.320. The Balaban J connectivity index is 2.01. The van der Waals surface area contributed by atoms with E-state index in [-0.39, 0.29) is 11.2 Å². The summed E-state index contributed by atoms with van der Waals surface area (Å²) < 4.78 is 18.5. The molecule has 0 spiro atoms. The van der Waals surface area contributed by atoms with E-state index in [4.69, 9.17) is 14.8 Å². The SMILES string of the molecule is OB(O)c1ccc(F)cc1OCCc1ccccc1. The van der Waals surface area contributed by atoms with Gasteiger partial charge in [0, 0.05) is 17.9 Å². The van der Waals surface area contributed by atoms with E-state index in [9.17, 15) is 4.39 Å². The monoisotopic (exact) mass is 260 g/mol. The fraction of sp³-hybridized carbons (Fsp3) is 0.143. The highest BCUT2D eigenvalue weighted by molar-refractivity contribution is 6.59. The van der Waals surface area contributed by atoms with Crippen LogP contribution in [-0.4, -0.2) is 23.8 Å². The van der Waals surface area contributed by atoms with Gasteiger partial charge >= 0.3 is 7.12 Å². The van der Waals surface area contributed by atoms with Crippen molar-refractivity contribution in [2.24, 2.45) is 0 Å². The number of benzene rings is 2. The van der Waals surface area contributed by atoms with Crippen LogP contribution in [0.3, 0.4) is 0 Å². The molecule has 0 unspecified atom stereocenters. The number of hydrogen-bond donors (Lipinski definition) is 2. The van der Waals surface area contributed by atoms with E-state index in [0.717, 1.165) is 11.6 Å². The first-order valence-corrected chi connectivity index (χ1v) is 5.99. The predicted octanol–water partition coefficient (Wildman–Crippen LogP) is 1.13. The first kappa shape index (κ1) is 13.6. The molecule has 0 saturated carbocycles. The summed E-state index contributed by atoms with van der Waals surface area (Å²) in [6, 6.07) is 13.3. The van der Waals surface area contributed by atoms with Crippen molar-refractivity contribution in [3.63, 3.8) is 0 Å². The third-order valence-electron chi connectivity index (χ3n) is 2.74. The molecule has 19 heavy (non-hydrogen) atoms. The molecular formula is C14H14BFO3. The molecule has 0 atom stereocenters. The molecule has 5 heteroatoms. The normalized spacial score (nSPS) is 10.3. The Hall–Kier alpha value is -1.85. The van der Waals surface area contributed by atoms with Crippen LogP contribution in [0.2, 0.25) is 0 Å². The van der Waals surface area contributed by atoms with Gasteiger partial charge in [-0.2, -0.15) is 0 Å². The second-order valence-electron chi connectivity index (χ2n) is 4.14. The van der Waals surface area contributed by atoms with E-state index >= 15 is 0 Å². The molecule has 0 aliphatic rings. The van der Waals surface area contributed by atoms with E-state index in [0.29, 0.717) is 13.0 Å². The zero-order valence-corrected chi connectivity index (χ0v) is 10.3. The Morgan fingerprint density at radius 2 is 1.79 bits per heavy atom. The average molecular weight is 260 g/mol. The van der Waals surface area contributed by atoms with Crippen molar-refractivity contribution in [2.75, 3.05) is 6.61 Å². The maximum Gasteiger partial charge on any atom is 0.492 e. The molecular weight excluding hydrogens is 246 g/mol. The largest absolute Gasteiger partial charge is 0.494 e. The van der Waals surface area contributed by atoms with E-state index in [1.807, 2.05) is 30.3 Å². The summed E-state index contributed by atoms with van der Waals surface area (Å²) in [4.78, 5) is 0. The van der Waals surface area contributed by atoms with Gasteiger partial charge in [0.25, 0.3) is 0 Å². The van der Waals surface area contributed by atoms with Crippen molar-refractivity contribution in [1.29, 1.82) is 0 Å². The van der Waals surface area contributed by atoms with Crippen molar-refractivity contribution >= 4 is 12.6 Å². The molecule has 0 saturated heterocycles. The van der Waals surface area contributed by atoms with Gasteiger partial charge in [-0.25, -0.2) is 4.39 Å². The molecule has 0 aliphatic carbocycles. The van der Waals surface area contributed by atoms with Crippen molar-refractivity contribution in [1.82, 2.24) is 0 Å². The van der Waals surface area contributed by atoms with Crippen molar-refractivity contribution in [3.05, 3.63) is 59.9 Å². The highest BCUT2D eigenvalue weighted by atomic mass is 19.1. The average Bonchev–Trinajstić information content (AvgIpc) is 2.39. The Morgan fingerprint density at radius 1 is 1.05 bits per heavy atom. The van der Waals surface area contributed by atoms with Gasteiger partial charge in [0.2, 0.25) is 0 Å². The molecule has 0 bridgehead atoms. The molecule has 0 aromatic heterocycles. The lowest BCUT2D eigenvalue weighted by Crippen LogP contribution is -2.31. The number of halogens is 1. The molecule has 2 N–H and O–H groups in total. The third-order valence-corrected chi connectivity index (χ3v) is 2.74. The van der Waals surface area contributed by atoms with Gasteiger partial charge in [0.1, 0.15) is 11.6 Å². The van der Waals surface area contributed by atoms with Crippen LogP contribution in [0, 0.1) is 5.82 Å². The van der Waals surface area contributed by atoms with Crippen LogP contribution in [-0.2, 0) is 6.42 Å². The van der Waals surface area contributed by atoms with Crippen LogP contribution in [0.4, 0.5) is 4.39 Å². The summed E-state index contributed by atoms with van der Waals surface area (Å²) in [6.45, 7) is 0.340. The Morgan fingerprint density at radius 3 is 2.47 bits per heavy atom. The van der Waals surface area contributed by atoms with Gasteiger partial charge in [-0.05, 0) is 11.6 Å². The van der Waals surface area contributed by atoms with Crippen LogP contribution in [0.1, 0.15) is 5.56 Å². The molecule has 2 aromatic carbocycles. The highest BCUT2D eigenvalue weighted by Crippen LogP contribution is 2.11. The Kier molecular flexibility index (Phi) is 4.55. The van der Waals surface area contributed by atoms with Crippen molar-refractivity contribution in [2.45, 2.75) is 6.42 Å². The fourth-order valence-corrected chi connectivity index (χ4v) is 1.77. The quantitative estimate of drug-likeness (QED) is 0.792. The number of rotatable bonds is 5. The highest BCUT2D eigenvalue weighted by Gasteiger charge is 2.17. The van der Waals surface area contributed by atoms with Crippen LogP contribution in [0.5, 0.6) is 5.75 Å². The van der Waals surface area contributed by atoms with Crippen LogP contribution in [0.15, 0.2) is 48.5 Å². The molecule has 98 valence electrons. The standard InChI is InChI=1S/C14H14BFO3/c16-12-6-7-13(15(17)18)14(10-12)19-9-8-11-4-2-1-3-5-11/h1-7,10,17-18H,8-9H2. The summed E-state index contributed by atoms with van der Waals surface area (Å²) in [5.74, 6) is -0.315. The number of ether oxygens (including phenoxy) is 1. The molecule has 3 nitrogen and oxygen atoms in total. The molecule has 2 rings (SSSR count). The topological polar surface area (TPSA) is 49.7 Å². The zero-order chi connectivity index (χ0) is 13.7. The van der Waals surface area contributed by atoms with Crippen LogP contribution in [0.25, 0.3) is 0 Å². The zero-order valence-electron chi connectivity index (χ0n) is 10.3. The van der Waals surface area contributed by atoms with Crippen molar-refractivity contribution < 1.29 is 19.2 Å². The van der Waals surface area contributed by atoms with Crippen LogP contribution >= 0.6 is 0 Å². The lowest BCUT2D eigenvalue weighted by Gasteiger charge is -2.11. The Labute approximate surface area is 111 Å². The fourth-order valence-electron chi connectivity index (χ4n) is 1.77. The van der Waals surface area contributed by atoms with Gasteiger partial charge in [0.05, 0.1) is 6.61 Å². The van der Waals surface area contributed by atoms with E-state index < -0.39 is 12.9 Å². The third kappa shape index (κ3) is 3.81. The first-order chi connectivity index (χ1) is 9.16. The summed E-state index contributed by atoms with van der Waals surface area (Å²) >= 11 is 0. The minimum absolute atomic E-state index is 0.158. The molecule has 0 aliphatic heterocycles.